The van der Waals surface area contributed by atoms with E-state index in [1.807, 2.05) is 13.0 Å². The highest BCUT2D eigenvalue weighted by Crippen LogP contribution is 2.24. The summed E-state index contributed by atoms with van der Waals surface area (Å²) < 4.78 is 28.4. The molecule has 0 aliphatic carbocycles. The Morgan fingerprint density at radius 3 is 2.75 bits per heavy atom. The molecule has 0 bridgehead atoms. The van der Waals surface area contributed by atoms with Crippen molar-refractivity contribution in [3.63, 3.8) is 0 Å². The molecule has 0 radical (unpaired) electrons. The lowest BCUT2D eigenvalue weighted by Crippen LogP contribution is -2.48. The Kier molecular flexibility index (Phi) is 6.47. The summed E-state index contributed by atoms with van der Waals surface area (Å²) in [6, 6.07) is 5.35. The minimum absolute atomic E-state index is 0. The molecular weight excluding hydrogens is 364 g/mol. The van der Waals surface area contributed by atoms with Crippen LogP contribution in [0.1, 0.15) is 18.9 Å². The van der Waals surface area contributed by atoms with Gasteiger partial charge in [-0.15, -0.1) is 12.4 Å². The molecule has 4 nitrogen and oxygen atoms in total. The molecule has 1 aliphatic rings. The predicted molar refractivity (Wildman–Crippen MR) is 86.9 cm³/mol. The third-order valence-corrected chi connectivity index (χ3v) is 5.95. The van der Waals surface area contributed by atoms with E-state index in [-0.39, 0.29) is 18.4 Å². The zero-order valence-electron chi connectivity index (χ0n) is 11.5. The highest BCUT2D eigenvalue weighted by molar-refractivity contribution is 9.10. The van der Waals surface area contributed by atoms with Crippen LogP contribution in [0.5, 0.6) is 0 Å². The van der Waals surface area contributed by atoms with E-state index >= 15 is 0 Å². The van der Waals surface area contributed by atoms with Gasteiger partial charge < -0.3 is 5.32 Å². The van der Waals surface area contributed by atoms with Gasteiger partial charge in [0.05, 0.1) is 4.90 Å². The van der Waals surface area contributed by atoms with Crippen molar-refractivity contribution in [1.82, 2.24) is 10.0 Å². The maximum Gasteiger partial charge on any atom is 0.241 e. The number of rotatable bonds is 3. The molecule has 1 heterocycles. The van der Waals surface area contributed by atoms with Crippen molar-refractivity contribution < 1.29 is 8.42 Å². The van der Waals surface area contributed by atoms with E-state index in [0.717, 1.165) is 25.1 Å². The lowest BCUT2D eigenvalue weighted by Gasteiger charge is -2.30. The first-order valence-corrected chi connectivity index (χ1v) is 8.67. The number of sulfonamides is 1. The fourth-order valence-electron chi connectivity index (χ4n) is 2.27. The molecular formula is C13H20BrClN2O2S. The van der Waals surface area contributed by atoms with Gasteiger partial charge in [0.1, 0.15) is 0 Å². The number of nitrogens with one attached hydrogen (secondary N) is 2. The van der Waals surface area contributed by atoms with Gasteiger partial charge in [0.2, 0.25) is 10.0 Å². The topological polar surface area (TPSA) is 58.2 Å². The van der Waals surface area contributed by atoms with Gasteiger partial charge >= 0.3 is 0 Å². The molecule has 0 spiro atoms. The average molecular weight is 384 g/mol. The highest BCUT2D eigenvalue weighted by atomic mass is 79.9. The minimum Gasteiger partial charge on any atom is -0.316 e. The second-order valence-electron chi connectivity index (χ2n) is 5.13. The first kappa shape index (κ1) is 17.9. The molecule has 7 heteroatoms. The summed E-state index contributed by atoms with van der Waals surface area (Å²) in [4.78, 5) is 0.318. The third kappa shape index (κ3) is 4.18. The van der Waals surface area contributed by atoms with E-state index in [0.29, 0.717) is 15.3 Å². The molecule has 114 valence electrons. The molecule has 2 atom stereocenters. The monoisotopic (exact) mass is 382 g/mol. The standard InChI is InChI=1S/C13H19BrN2O2S.ClH/c1-9-3-4-11(14)13(7-9)19(17,18)16-12-5-6-15-8-10(12)2;/h3-4,7,10,12,15-16H,5-6,8H2,1-2H3;1H. The zero-order valence-corrected chi connectivity index (χ0v) is 14.7. The number of halogens is 2. The maximum atomic E-state index is 12.5. The molecule has 2 unspecified atom stereocenters. The first-order chi connectivity index (χ1) is 8.90. The van der Waals surface area contributed by atoms with Crippen molar-refractivity contribution in [3.8, 4) is 0 Å². The van der Waals surface area contributed by atoms with Crippen LogP contribution in [0.15, 0.2) is 27.6 Å². The summed E-state index contributed by atoms with van der Waals surface area (Å²) in [6.07, 6.45) is 0.823. The van der Waals surface area contributed by atoms with E-state index < -0.39 is 10.0 Å². The van der Waals surface area contributed by atoms with Crippen molar-refractivity contribution in [3.05, 3.63) is 28.2 Å². The van der Waals surface area contributed by atoms with Crippen LogP contribution >= 0.6 is 28.3 Å². The number of hydrogen-bond acceptors (Lipinski definition) is 3. The maximum absolute atomic E-state index is 12.5. The molecule has 1 saturated heterocycles. The molecule has 0 amide bonds. The Balaban J connectivity index is 0.00000200. The summed E-state index contributed by atoms with van der Waals surface area (Å²) in [5, 5.41) is 3.27. The summed E-state index contributed by atoms with van der Waals surface area (Å²) in [7, 11) is -3.47. The smallest absolute Gasteiger partial charge is 0.241 e. The van der Waals surface area contributed by atoms with Gasteiger partial charge in [-0.25, -0.2) is 13.1 Å². The summed E-state index contributed by atoms with van der Waals surface area (Å²) in [5.74, 6) is 0.298. The van der Waals surface area contributed by atoms with Crippen molar-refractivity contribution in [2.24, 2.45) is 5.92 Å². The van der Waals surface area contributed by atoms with Gasteiger partial charge in [0.15, 0.2) is 0 Å². The Morgan fingerprint density at radius 1 is 1.40 bits per heavy atom. The van der Waals surface area contributed by atoms with E-state index in [1.165, 1.54) is 0 Å². The Bertz CT molecular complexity index is 565. The van der Waals surface area contributed by atoms with Crippen LogP contribution in [0.2, 0.25) is 0 Å². The molecule has 20 heavy (non-hydrogen) atoms. The second-order valence-corrected chi connectivity index (χ2v) is 7.67. The fraction of sp³-hybridized carbons (Fsp3) is 0.538. The number of aryl methyl sites for hydroxylation is 1. The van der Waals surface area contributed by atoms with E-state index in [2.05, 4.69) is 32.9 Å². The third-order valence-electron chi connectivity index (χ3n) is 3.47. The van der Waals surface area contributed by atoms with E-state index in [1.54, 1.807) is 12.1 Å². The van der Waals surface area contributed by atoms with Crippen LogP contribution in [-0.2, 0) is 10.0 Å². The largest absolute Gasteiger partial charge is 0.316 e. The van der Waals surface area contributed by atoms with Gasteiger partial charge in [0.25, 0.3) is 0 Å². The molecule has 1 aromatic carbocycles. The number of piperidine rings is 1. The summed E-state index contributed by atoms with van der Waals surface area (Å²) in [6.45, 7) is 5.65. The van der Waals surface area contributed by atoms with Crippen molar-refractivity contribution >= 4 is 38.4 Å². The Hall–Kier alpha value is -0.140. The van der Waals surface area contributed by atoms with Crippen LogP contribution in [0.4, 0.5) is 0 Å². The second kappa shape index (κ2) is 7.22. The van der Waals surface area contributed by atoms with Crippen molar-refractivity contribution in [1.29, 1.82) is 0 Å². The molecule has 2 N–H and O–H groups in total. The van der Waals surface area contributed by atoms with E-state index in [4.69, 9.17) is 0 Å². The van der Waals surface area contributed by atoms with Gasteiger partial charge in [-0.05, 0) is 66.0 Å². The first-order valence-electron chi connectivity index (χ1n) is 6.39. The Labute approximate surface area is 135 Å². The molecule has 0 saturated carbocycles. The highest BCUT2D eigenvalue weighted by Gasteiger charge is 2.27. The molecule has 2 rings (SSSR count). The lowest BCUT2D eigenvalue weighted by atomic mass is 9.97. The normalized spacial score (nSPS) is 23.1. The van der Waals surface area contributed by atoms with Gasteiger partial charge in [-0.1, -0.05) is 13.0 Å². The Morgan fingerprint density at radius 2 is 2.10 bits per heavy atom. The van der Waals surface area contributed by atoms with Crippen LogP contribution in [-0.4, -0.2) is 27.5 Å². The van der Waals surface area contributed by atoms with E-state index in [9.17, 15) is 8.42 Å². The zero-order chi connectivity index (χ0) is 14.0. The summed E-state index contributed by atoms with van der Waals surface area (Å²) >= 11 is 3.31. The lowest BCUT2D eigenvalue weighted by molar-refractivity contribution is 0.328. The molecule has 1 fully saturated rings. The van der Waals surface area contributed by atoms with Crippen molar-refractivity contribution in [2.75, 3.05) is 13.1 Å². The predicted octanol–water partition coefficient (Wildman–Crippen LogP) is 2.46. The molecule has 0 aromatic heterocycles. The van der Waals surface area contributed by atoms with Crippen LogP contribution < -0.4 is 10.0 Å². The van der Waals surface area contributed by atoms with Crippen molar-refractivity contribution in [2.45, 2.75) is 31.2 Å². The van der Waals surface area contributed by atoms with Crippen LogP contribution in [0.25, 0.3) is 0 Å². The van der Waals surface area contributed by atoms with Crippen LogP contribution in [0, 0.1) is 12.8 Å². The summed E-state index contributed by atoms with van der Waals surface area (Å²) in [5.41, 5.74) is 0.932. The average Bonchev–Trinajstić information content (AvgIpc) is 2.35. The number of benzene rings is 1. The van der Waals surface area contributed by atoms with Gasteiger partial charge in [0, 0.05) is 10.5 Å². The van der Waals surface area contributed by atoms with Crippen LogP contribution in [0.3, 0.4) is 0 Å². The van der Waals surface area contributed by atoms with Gasteiger partial charge in [-0.3, -0.25) is 0 Å². The SMILES string of the molecule is Cc1ccc(Br)c(S(=O)(=O)NC2CCNCC2C)c1.Cl. The fourth-order valence-corrected chi connectivity index (χ4v) is 4.70. The minimum atomic E-state index is -3.47. The van der Waals surface area contributed by atoms with Gasteiger partial charge in [-0.2, -0.15) is 0 Å². The molecule has 1 aromatic rings. The molecule has 1 aliphatic heterocycles. The quantitative estimate of drug-likeness (QED) is 0.843. The number of hydrogen-bond donors (Lipinski definition) is 2.